The third-order valence-corrected chi connectivity index (χ3v) is 3.73. The van der Waals surface area contributed by atoms with E-state index in [4.69, 9.17) is 5.26 Å². The summed E-state index contributed by atoms with van der Waals surface area (Å²) in [6, 6.07) is 18.5. The zero-order valence-corrected chi connectivity index (χ0v) is 15.5. The van der Waals surface area contributed by atoms with Crippen LogP contribution in [0.5, 0.6) is 0 Å². The van der Waals surface area contributed by atoms with Crippen LogP contribution in [0.3, 0.4) is 0 Å². The van der Waals surface area contributed by atoms with Gasteiger partial charge in [0.15, 0.2) is 0 Å². The molecule has 0 aliphatic heterocycles. The number of amidine groups is 1. The lowest BCUT2D eigenvalue weighted by atomic mass is 10.1. The molecule has 3 rings (SSSR count). The average molecular weight is 370 g/mol. The summed E-state index contributed by atoms with van der Waals surface area (Å²) in [5, 5.41) is 21.6. The summed E-state index contributed by atoms with van der Waals surface area (Å²) in [4.78, 5) is 10.1. The number of nitrogens with zero attached hydrogens (tertiary/aromatic N) is 7. The predicted molar refractivity (Wildman–Crippen MR) is 109 cm³/mol. The van der Waals surface area contributed by atoms with E-state index in [0.717, 1.165) is 11.4 Å². The molecular weight excluding hydrogens is 352 g/mol. The fraction of sp³-hybridized carbons (Fsp3) is 0.100. The van der Waals surface area contributed by atoms with E-state index in [9.17, 15) is 0 Å². The Kier molecular flexibility index (Phi) is 6.00. The second-order valence-corrected chi connectivity index (χ2v) is 5.93. The van der Waals surface area contributed by atoms with Crippen molar-refractivity contribution in [1.82, 2.24) is 9.97 Å². The highest BCUT2D eigenvalue weighted by Gasteiger charge is 2.05. The SMILES string of the molecule is CN(C)c1ccc(N/N=C(\N=Nc2ncccn2)c2ccc(C#N)cc2)cc1. The molecular formula is C20H18N8. The first kappa shape index (κ1) is 18.7. The molecule has 0 fully saturated rings. The van der Waals surface area contributed by atoms with E-state index >= 15 is 0 Å². The maximum Gasteiger partial charge on any atom is 0.268 e. The number of aromatic nitrogens is 2. The van der Waals surface area contributed by atoms with Gasteiger partial charge in [-0.05, 0) is 54.6 Å². The second-order valence-electron chi connectivity index (χ2n) is 5.93. The van der Waals surface area contributed by atoms with Crippen LogP contribution in [0.1, 0.15) is 11.1 Å². The van der Waals surface area contributed by atoms with Crippen LogP contribution in [0.15, 0.2) is 82.3 Å². The van der Waals surface area contributed by atoms with Crippen LogP contribution < -0.4 is 10.3 Å². The number of nitriles is 1. The van der Waals surface area contributed by atoms with Crippen LogP contribution in [0, 0.1) is 11.3 Å². The lowest BCUT2D eigenvalue weighted by Gasteiger charge is -2.12. The molecule has 28 heavy (non-hydrogen) atoms. The number of rotatable bonds is 5. The molecule has 138 valence electrons. The zero-order valence-electron chi connectivity index (χ0n) is 15.5. The molecule has 3 aromatic rings. The van der Waals surface area contributed by atoms with Crippen molar-refractivity contribution in [2.24, 2.45) is 15.3 Å². The lowest BCUT2D eigenvalue weighted by Crippen LogP contribution is -2.08. The Morgan fingerprint density at radius 1 is 1.00 bits per heavy atom. The number of hydrogen-bond acceptors (Lipinski definition) is 7. The van der Waals surface area contributed by atoms with Crippen LogP contribution in [0.4, 0.5) is 17.3 Å². The molecule has 0 saturated heterocycles. The van der Waals surface area contributed by atoms with Crippen LogP contribution in [-0.4, -0.2) is 29.9 Å². The quantitative estimate of drug-likeness (QED) is 0.317. The van der Waals surface area contributed by atoms with Gasteiger partial charge in [-0.1, -0.05) is 0 Å². The largest absolute Gasteiger partial charge is 0.378 e. The van der Waals surface area contributed by atoms with Gasteiger partial charge in [0.1, 0.15) is 0 Å². The monoisotopic (exact) mass is 370 g/mol. The minimum atomic E-state index is 0.235. The third-order valence-electron chi connectivity index (χ3n) is 3.73. The summed E-state index contributed by atoms with van der Waals surface area (Å²) in [7, 11) is 3.96. The van der Waals surface area contributed by atoms with Crippen molar-refractivity contribution < 1.29 is 0 Å². The molecule has 1 N–H and O–H groups in total. The minimum absolute atomic E-state index is 0.235. The van der Waals surface area contributed by atoms with Gasteiger partial charge in [-0.2, -0.15) is 10.4 Å². The highest BCUT2D eigenvalue weighted by molar-refractivity contribution is 5.99. The van der Waals surface area contributed by atoms with E-state index in [-0.39, 0.29) is 5.95 Å². The number of benzene rings is 2. The highest BCUT2D eigenvalue weighted by atomic mass is 15.3. The minimum Gasteiger partial charge on any atom is -0.378 e. The van der Waals surface area contributed by atoms with Crippen LogP contribution >= 0.6 is 0 Å². The average Bonchev–Trinajstić information content (AvgIpc) is 2.75. The molecule has 0 amide bonds. The van der Waals surface area contributed by atoms with Crippen molar-refractivity contribution in [2.75, 3.05) is 24.4 Å². The van der Waals surface area contributed by atoms with Crippen LogP contribution in [0.25, 0.3) is 0 Å². The Morgan fingerprint density at radius 2 is 1.68 bits per heavy atom. The molecule has 0 saturated carbocycles. The molecule has 0 aliphatic carbocycles. The Hall–Kier alpha value is -4.12. The highest BCUT2D eigenvalue weighted by Crippen LogP contribution is 2.16. The summed E-state index contributed by atoms with van der Waals surface area (Å²) in [6.45, 7) is 0. The predicted octanol–water partition coefficient (Wildman–Crippen LogP) is 3.97. The van der Waals surface area contributed by atoms with Gasteiger partial charge >= 0.3 is 0 Å². The van der Waals surface area contributed by atoms with Gasteiger partial charge in [-0.3, -0.25) is 5.43 Å². The molecule has 0 spiro atoms. The number of azo groups is 1. The molecule has 0 aliphatic rings. The molecule has 8 nitrogen and oxygen atoms in total. The molecule has 0 atom stereocenters. The van der Waals surface area contributed by atoms with Gasteiger partial charge in [0, 0.05) is 37.7 Å². The van der Waals surface area contributed by atoms with Crippen molar-refractivity contribution >= 4 is 23.2 Å². The third kappa shape index (κ3) is 4.95. The summed E-state index contributed by atoms with van der Waals surface area (Å²) < 4.78 is 0. The summed E-state index contributed by atoms with van der Waals surface area (Å²) >= 11 is 0. The number of hydrogen-bond donors (Lipinski definition) is 1. The van der Waals surface area contributed by atoms with Gasteiger partial charge in [-0.25, -0.2) is 9.97 Å². The first-order valence-electron chi connectivity index (χ1n) is 8.46. The van der Waals surface area contributed by atoms with E-state index < -0.39 is 0 Å². The molecule has 8 heteroatoms. The van der Waals surface area contributed by atoms with Crippen molar-refractivity contribution in [2.45, 2.75) is 0 Å². The van der Waals surface area contributed by atoms with E-state index in [2.05, 4.69) is 36.8 Å². The molecule has 0 unspecified atom stereocenters. The maximum atomic E-state index is 8.98. The molecule has 0 bridgehead atoms. The molecule has 1 aromatic heterocycles. The zero-order chi connectivity index (χ0) is 19.8. The fourth-order valence-corrected chi connectivity index (χ4v) is 2.23. The number of hydrazone groups is 1. The smallest absolute Gasteiger partial charge is 0.268 e. The first-order valence-corrected chi connectivity index (χ1v) is 8.46. The Morgan fingerprint density at radius 3 is 2.29 bits per heavy atom. The van der Waals surface area contributed by atoms with E-state index in [0.29, 0.717) is 17.0 Å². The number of nitrogens with one attached hydrogen (secondary N) is 1. The van der Waals surface area contributed by atoms with Crippen molar-refractivity contribution in [3.63, 3.8) is 0 Å². The lowest BCUT2D eigenvalue weighted by molar-refractivity contribution is 1.07. The van der Waals surface area contributed by atoms with Gasteiger partial charge in [-0.15, -0.1) is 10.2 Å². The van der Waals surface area contributed by atoms with E-state index in [1.54, 1.807) is 42.7 Å². The number of anilines is 2. The standard InChI is InChI=1S/C20H18N8/c1-28(2)18-10-8-17(9-11-18)24-25-19(16-6-4-15(14-21)5-7-16)26-27-20-22-12-3-13-23-20/h3-13,24H,1-2H3/b25-19-,27-26?. The Bertz CT molecular complexity index is 1000. The summed E-state index contributed by atoms with van der Waals surface area (Å²) in [6.07, 6.45) is 3.18. The Balaban J connectivity index is 1.87. The maximum absolute atomic E-state index is 8.98. The second kappa shape index (κ2) is 9.00. The normalized spacial score (nSPS) is 11.2. The Labute approximate surface area is 162 Å². The van der Waals surface area contributed by atoms with Gasteiger partial charge in [0.25, 0.3) is 5.95 Å². The topological polar surface area (TPSA) is 102 Å². The van der Waals surface area contributed by atoms with Crippen molar-refractivity contribution in [3.05, 3.63) is 78.1 Å². The van der Waals surface area contributed by atoms with E-state index in [1.807, 2.05) is 43.3 Å². The van der Waals surface area contributed by atoms with Crippen LogP contribution in [0.2, 0.25) is 0 Å². The van der Waals surface area contributed by atoms with Gasteiger partial charge < -0.3 is 4.90 Å². The summed E-state index contributed by atoms with van der Waals surface area (Å²) in [5.41, 5.74) is 6.14. The van der Waals surface area contributed by atoms with Crippen molar-refractivity contribution in [1.29, 1.82) is 5.26 Å². The molecule has 0 radical (unpaired) electrons. The van der Waals surface area contributed by atoms with Gasteiger partial charge in [0.05, 0.1) is 17.3 Å². The summed E-state index contributed by atoms with van der Waals surface area (Å²) in [5.74, 6) is 0.577. The molecule has 1 heterocycles. The van der Waals surface area contributed by atoms with Gasteiger partial charge in [0.2, 0.25) is 5.84 Å². The van der Waals surface area contributed by atoms with Crippen molar-refractivity contribution in [3.8, 4) is 6.07 Å². The first-order chi connectivity index (χ1) is 13.7. The molecule has 2 aromatic carbocycles. The fourth-order valence-electron chi connectivity index (χ4n) is 2.23. The van der Waals surface area contributed by atoms with E-state index in [1.165, 1.54) is 0 Å². The van der Waals surface area contributed by atoms with Crippen LogP contribution in [-0.2, 0) is 0 Å².